The third kappa shape index (κ3) is 4.97. The van der Waals surface area contributed by atoms with Crippen molar-refractivity contribution in [2.24, 2.45) is 11.8 Å². The van der Waals surface area contributed by atoms with Gasteiger partial charge in [0.05, 0.1) is 28.8 Å². The van der Waals surface area contributed by atoms with Crippen molar-refractivity contribution in [1.82, 2.24) is 9.62 Å². The molecule has 2 N–H and O–H groups in total. The topological polar surface area (TPSA) is 70.7 Å². The predicted octanol–water partition coefficient (Wildman–Crippen LogP) is 3.47. The molecule has 0 radical (unpaired) electrons. The van der Waals surface area contributed by atoms with Crippen molar-refractivity contribution in [2.45, 2.75) is 44.0 Å². The number of halogens is 1. The molecule has 1 saturated heterocycles. The molecule has 1 aromatic rings. The molecule has 0 aromatic heterocycles. The molecule has 0 unspecified atom stereocenters. The van der Waals surface area contributed by atoms with Crippen LogP contribution < -0.4 is 10.6 Å². The summed E-state index contributed by atoms with van der Waals surface area (Å²) in [5, 5.41) is 7.36. The lowest BCUT2D eigenvalue weighted by Crippen LogP contribution is -2.45. The number of nitrogens with one attached hydrogen (secondary N) is 2. The van der Waals surface area contributed by atoms with Crippen LogP contribution in [0, 0.1) is 11.8 Å². The van der Waals surface area contributed by atoms with Gasteiger partial charge in [0.25, 0.3) is 0 Å². The monoisotopic (exact) mass is 445 g/mol. The summed E-state index contributed by atoms with van der Waals surface area (Å²) in [6, 6.07) is 4.97. The quantitative estimate of drug-likeness (QED) is 0.691. The van der Waals surface area contributed by atoms with Crippen LogP contribution in [0.15, 0.2) is 23.1 Å². The number of anilines is 1. The van der Waals surface area contributed by atoms with Crippen molar-refractivity contribution in [3.8, 4) is 0 Å². The minimum absolute atomic E-state index is 0.198. The first kappa shape index (κ1) is 21.8. The summed E-state index contributed by atoms with van der Waals surface area (Å²) in [4.78, 5) is 0.198. The molecule has 2 fully saturated rings. The van der Waals surface area contributed by atoms with Crippen molar-refractivity contribution < 1.29 is 13.2 Å². The highest BCUT2D eigenvalue weighted by Crippen LogP contribution is 2.30. The Hall–Kier alpha value is -0.930. The lowest BCUT2D eigenvalue weighted by molar-refractivity contribution is 0.0730. The summed E-state index contributed by atoms with van der Waals surface area (Å²) in [6.45, 7) is 6.03. The second kappa shape index (κ2) is 9.26. The molecule has 1 aliphatic carbocycles. The molecule has 6 nitrogen and oxygen atoms in total. The average molecular weight is 446 g/mol. The van der Waals surface area contributed by atoms with Crippen LogP contribution in [-0.4, -0.2) is 50.2 Å². The molecular weight excluding hydrogens is 418 g/mol. The van der Waals surface area contributed by atoms with Gasteiger partial charge >= 0.3 is 0 Å². The molecular formula is C19H28ClN3O3S2. The second-order valence-corrected chi connectivity index (χ2v) is 10.4. The molecule has 3 atom stereocenters. The number of nitrogens with zero attached hydrogens (tertiary/aromatic N) is 1. The summed E-state index contributed by atoms with van der Waals surface area (Å²) >= 11 is 11.8. The Morgan fingerprint density at radius 2 is 1.96 bits per heavy atom. The first-order valence-corrected chi connectivity index (χ1v) is 12.0. The fraction of sp³-hybridized carbons (Fsp3) is 0.632. The first-order chi connectivity index (χ1) is 13.3. The molecule has 3 rings (SSSR count). The summed E-state index contributed by atoms with van der Waals surface area (Å²) in [5.74, 6) is 1.18. The maximum absolute atomic E-state index is 12.9. The van der Waals surface area contributed by atoms with Gasteiger partial charge in [-0.25, -0.2) is 8.42 Å². The van der Waals surface area contributed by atoms with E-state index >= 15 is 0 Å². The Kier molecular flexibility index (Phi) is 7.20. The largest absolute Gasteiger partial charge is 0.379 e. The van der Waals surface area contributed by atoms with E-state index < -0.39 is 10.0 Å². The highest BCUT2D eigenvalue weighted by molar-refractivity contribution is 7.89. The van der Waals surface area contributed by atoms with Crippen LogP contribution in [0.3, 0.4) is 0 Å². The van der Waals surface area contributed by atoms with Crippen molar-refractivity contribution in [1.29, 1.82) is 0 Å². The van der Waals surface area contributed by atoms with Gasteiger partial charge in [0, 0.05) is 19.1 Å². The minimum Gasteiger partial charge on any atom is -0.379 e. The SMILES string of the molecule is C[C@@H]1[C@H](C)CCC[C@H]1NC(=S)Nc1cc(S(=O)(=O)N2CCOCC2)ccc1Cl. The number of morpholine rings is 1. The first-order valence-electron chi connectivity index (χ1n) is 9.74. The zero-order chi connectivity index (χ0) is 20.3. The van der Waals surface area contributed by atoms with Gasteiger partial charge < -0.3 is 15.4 Å². The van der Waals surface area contributed by atoms with E-state index in [0.29, 0.717) is 60.0 Å². The fourth-order valence-electron chi connectivity index (χ4n) is 3.81. The molecule has 2 aliphatic rings. The number of sulfonamides is 1. The standard InChI is InChI=1S/C19H28ClN3O3S2/c1-13-4-3-5-17(14(13)2)21-19(27)22-18-12-15(6-7-16(18)20)28(24,25)23-8-10-26-11-9-23/h6-7,12-14,17H,3-5,8-11H2,1-2H3,(H2,21,22,27)/t13-,14-,17-/m1/s1. The Bertz CT molecular complexity index is 813. The van der Waals surface area contributed by atoms with E-state index in [-0.39, 0.29) is 4.90 Å². The van der Waals surface area contributed by atoms with Gasteiger partial charge in [-0.1, -0.05) is 38.3 Å². The van der Waals surface area contributed by atoms with Crippen LogP contribution in [0.2, 0.25) is 5.02 Å². The normalized spacial score (nSPS) is 26.6. The average Bonchev–Trinajstić information content (AvgIpc) is 2.68. The van der Waals surface area contributed by atoms with Gasteiger partial charge in [0.15, 0.2) is 5.11 Å². The summed E-state index contributed by atoms with van der Waals surface area (Å²) in [5.41, 5.74) is 0.491. The Morgan fingerprint density at radius 3 is 2.68 bits per heavy atom. The molecule has 1 aromatic carbocycles. The van der Waals surface area contributed by atoms with Crippen LogP contribution in [0.4, 0.5) is 5.69 Å². The van der Waals surface area contributed by atoms with Crippen molar-refractivity contribution in [2.75, 3.05) is 31.6 Å². The van der Waals surface area contributed by atoms with Crippen LogP contribution in [0.5, 0.6) is 0 Å². The summed E-state index contributed by atoms with van der Waals surface area (Å²) < 4.78 is 32.5. The van der Waals surface area contributed by atoms with Gasteiger partial charge in [0.2, 0.25) is 10.0 Å². The third-order valence-corrected chi connectivity index (χ3v) is 8.26. The number of hydrogen-bond donors (Lipinski definition) is 2. The van der Waals surface area contributed by atoms with Gasteiger partial charge in [-0.05, 0) is 48.7 Å². The van der Waals surface area contributed by atoms with E-state index in [9.17, 15) is 8.42 Å². The second-order valence-electron chi connectivity index (χ2n) is 7.63. The summed E-state index contributed by atoms with van der Waals surface area (Å²) in [6.07, 6.45) is 3.50. The molecule has 1 saturated carbocycles. The maximum atomic E-state index is 12.9. The van der Waals surface area contributed by atoms with E-state index in [0.717, 1.165) is 6.42 Å². The molecule has 0 bridgehead atoms. The molecule has 1 heterocycles. The van der Waals surface area contributed by atoms with Crippen molar-refractivity contribution in [3.05, 3.63) is 23.2 Å². The van der Waals surface area contributed by atoms with Gasteiger partial charge in [-0.3, -0.25) is 0 Å². The smallest absolute Gasteiger partial charge is 0.243 e. The molecule has 28 heavy (non-hydrogen) atoms. The van der Waals surface area contributed by atoms with Gasteiger partial charge in [-0.15, -0.1) is 0 Å². The van der Waals surface area contributed by atoms with Crippen molar-refractivity contribution >= 4 is 44.6 Å². The van der Waals surface area contributed by atoms with Gasteiger partial charge in [0.1, 0.15) is 0 Å². The van der Waals surface area contributed by atoms with E-state index in [1.165, 1.54) is 23.2 Å². The molecule has 0 amide bonds. The lowest BCUT2D eigenvalue weighted by atomic mass is 9.78. The van der Waals surface area contributed by atoms with Crippen LogP contribution in [0.1, 0.15) is 33.1 Å². The Balaban J connectivity index is 1.72. The molecule has 156 valence electrons. The van der Waals surface area contributed by atoms with Crippen LogP contribution >= 0.6 is 23.8 Å². The molecule has 9 heteroatoms. The number of rotatable bonds is 4. The van der Waals surface area contributed by atoms with Crippen LogP contribution in [0.25, 0.3) is 0 Å². The number of hydrogen-bond acceptors (Lipinski definition) is 4. The van der Waals surface area contributed by atoms with E-state index in [4.69, 9.17) is 28.6 Å². The highest BCUT2D eigenvalue weighted by atomic mass is 35.5. The zero-order valence-electron chi connectivity index (χ0n) is 16.3. The minimum atomic E-state index is -3.59. The third-order valence-electron chi connectivity index (χ3n) is 5.82. The number of ether oxygens (including phenoxy) is 1. The lowest BCUT2D eigenvalue weighted by Gasteiger charge is -2.35. The molecule has 0 spiro atoms. The zero-order valence-corrected chi connectivity index (χ0v) is 18.7. The Morgan fingerprint density at radius 1 is 1.25 bits per heavy atom. The van der Waals surface area contributed by atoms with Crippen molar-refractivity contribution in [3.63, 3.8) is 0 Å². The van der Waals surface area contributed by atoms with Gasteiger partial charge in [-0.2, -0.15) is 4.31 Å². The maximum Gasteiger partial charge on any atom is 0.243 e. The predicted molar refractivity (Wildman–Crippen MR) is 116 cm³/mol. The highest BCUT2D eigenvalue weighted by Gasteiger charge is 2.29. The Labute approximate surface area is 178 Å². The van der Waals surface area contributed by atoms with E-state index in [2.05, 4.69) is 24.5 Å². The fourth-order valence-corrected chi connectivity index (χ4v) is 5.67. The van der Waals surface area contributed by atoms with E-state index in [1.54, 1.807) is 12.1 Å². The van der Waals surface area contributed by atoms with Crippen LogP contribution in [-0.2, 0) is 14.8 Å². The summed E-state index contributed by atoms with van der Waals surface area (Å²) in [7, 11) is -3.59. The molecule has 1 aliphatic heterocycles. The number of benzene rings is 1. The van der Waals surface area contributed by atoms with E-state index in [1.807, 2.05) is 0 Å². The number of thiocarbonyl (C=S) groups is 1.